The maximum Gasteiger partial charge on any atom is 0.258 e. The van der Waals surface area contributed by atoms with Crippen LogP contribution in [0, 0.1) is 6.92 Å². The molecule has 0 saturated heterocycles. The number of amides is 1. The molecule has 2 aromatic heterocycles. The van der Waals surface area contributed by atoms with Crippen molar-refractivity contribution in [2.75, 3.05) is 5.32 Å². The van der Waals surface area contributed by atoms with Crippen LogP contribution in [0.2, 0.25) is 0 Å². The maximum atomic E-state index is 12.7. The molecule has 1 aromatic carbocycles. The van der Waals surface area contributed by atoms with Gasteiger partial charge in [0.2, 0.25) is 0 Å². The Bertz CT molecular complexity index is 887. The van der Waals surface area contributed by atoms with Crippen LogP contribution in [0.4, 0.5) is 5.69 Å². The molecule has 0 unspecified atom stereocenters. The van der Waals surface area contributed by atoms with Crippen LogP contribution in [0.5, 0.6) is 0 Å². The van der Waals surface area contributed by atoms with Crippen molar-refractivity contribution in [3.8, 4) is 0 Å². The highest BCUT2D eigenvalue weighted by atomic mass is 79.9. The van der Waals surface area contributed by atoms with E-state index in [9.17, 15) is 4.79 Å². The molecule has 0 aliphatic carbocycles. The minimum atomic E-state index is -0.160. The summed E-state index contributed by atoms with van der Waals surface area (Å²) in [7, 11) is 0. The second kappa shape index (κ2) is 8.27. The third-order valence-electron chi connectivity index (χ3n) is 3.56. The fraction of sp³-hybridized carbons (Fsp3) is 0.105. The van der Waals surface area contributed by atoms with Gasteiger partial charge in [-0.25, -0.2) is 4.98 Å². The van der Waals surface area contributed by atoms with Crippen molar-refractivity contribution in [2.24, 2.45) is 0 Å². The third-order valence-corrected chi connectivity index (χ3v) is 5.52. The zero-order valence-electron chi connectivity index (χ0n) is 13.6. The molecule has 6 heteroatoms. The van der Waals surface area contributed by atoms with E-state index in [2.05, 4.69) is 31.2 Å². The van der Waals surface area contributed by atoms with Crippen LogP contribution in [0.15, 0.2) is 70.6 Å². The van der Waals surface area contributed by atoms with Crippen molar-refractivity contribution < 1.29 is 4.79 Å². The molecule has 0 atom stereocenters. The van der Waals surface area contributed by atoms with E-state index in [4.69, 9.17) is 0 Å². The Morgan fingerprint density at radius 3 is 2.72 bits per heavy atom. The number of hydrogen-bond donors (Lipinski definition) is 1. The Labute approximate surface area is 159 Å². The normalized spacial score (nSPS) is 10.5. The van der Waals surface area contributed by atoms with Crippen molar-refractivity contribution in [3.05, 3.63) is 82.2 Å². The average molecular weight is 414 g/mol. The first-order valence-electron chi connectivity index (χ1n) is 7.68. The molecule has 25 heavy (non-hydrogen) atoms. The van der Waals surface area contributed by atoms with Crippen LogP contribution >= 0.6 is 27.7 Å². The maximum absolute atomic E-state index is 12.7. The van der Waals surface area contributed by atoms with Gasteiger partial charge >= 0.3 is 0 Å². The number of aromatic nitrogens is 2. The number of carbonyl (C=O) groups is 1. The molecule has 1 N–H and O–H groups in total. The first-order chi connectivity index (χ1) is 12.1. The number of benzene rings is 1. The number of anilines is 1. The Morgan fingerprint density at radius 1 is 1.16 bits per heavy atom. The van der Waals surface area contributed by atoms with E-state index in [1.165, 1.54) is 11.8 Å². The number of halogens is 1. The van der Waals surface area contributed by atoms with Gasteiger partial charge in [0.15, 0.2) is 0 Å². The zero-order valence-corrected chi connectivity index (χ0v) is 16.0. The molecular formula is C19H16BrN3OS. The van der Waals surface area contributed by atoms with Gasteiger partial charge in [0.05, 0.1) is 5.56 Å². The Balaban J connectivity index is 1.75. The van der Waals surface area contributed by atoms with Crippen LogP contribution in [-0.2, 0) is 5.75 Å². The number of carbonyl (C=O) groups excluding carboxylic acids is 1. The fourth-order valence-electron chi connectivity index (χ4n) is 2.23. The Hall–Kier alpha value is -2.18. The lowest BCUT2D eigenvalue weighted by molar-refractivity contribution is 0.102. The van der Waals surface area contributed by atoms with Gasteiger partial charge in [-0.2, -0.15) is 0 Å². The standard InChI is InChI=1S/C19H16BrN3OS/c1-13-11-15(4-5-17(13)20)23-18(24)16-3-2-8-22-19(16)25-12-14-6-9-21-10-7-14/h2-11H,12H2,1H3,(H,23,24). The highest BCUT2D eigenvalue weighted by molar-refractivity contribution is 9.10. The summed E-state index contributed by atoms with van der Waals surface area (Å²) in [6.07, 6.45) is 5.23. The number of hydrogen-bond acceptors (Lipinski definition) is 4. The van der Waals surface area contributed by atoms with E-state index >= 15 is 0 Å². The van der Waals surface area contributed by atoms with E-state index in [0.717, 1.165) is 27.0 Å². The van der Waals surface area contributed by atoms with E-state index in [1.807, 2.05) is 37.3 Å². The molecule has 0 aliphatic rings. The first kappa shape index (κ1) is 17.6. The Kier molecular flexibility index (Phi) is 5.83. The van der Waals surface area contributed by atoms with Gasteiger partial charge in [0, 0.05) is 34.5 Å². The minimum absolute atomic E-state index is 0.160. The lowest BCUT2D eigenvalue weighted by Crippen LogP contribution is -2.13. The summed E-state index contributed by atoms with van der Waals surface area (Å²) in [6, 6.07) is 13.2. The second-order valence-electron chi connectivity index (χ2n) is 5.42. The number of rotatable bonds is 5. The summed E-state index contributed by atoms with van der Waals surface area (Å²) in [4.78, 5) is 21.0. The summed E-state index contributed by atoms with van der Waals surface area (Å²) >= 11 is 5.00. The predicted octanol–water partition coefficient (Wildman–Crippen LogP) is 5.09. The highest BCUT2D eigenvalue weighted by Gasteiger charge is 2.13. The molecule has 3 aromatic rings. The molecule has 0 aliphatic heterocycles. The van der Waals surface area contributed by atoms with Gasteiger partial charge in [-0.15, -0.1) is 11.8 Å². The first-order valence-corrected chi connectivity index (χ1v) is 9.45. The Morgan fingerprint density at radius 2 is 1.96 bits per heavy atom. The quantitative estimate of drug-likeness (QED) is 0.591. The highest BCUT2D eigenvalue weighted by Crippen LogP contribution is 2.25. The van der Waals surface area contributed by atoms with Crippen LogP contribution < -0.4 is 5.32 Å². The molecule has 0 bridgehead atoms. The largest absolute Gasteiger partial charge is 0.322 e. The summed E-state index contributed by atoms with van der Waals surface area (Å²) in [5, 5.41) is 3.66. The topological polar surface area (TPSA) is 54.9 Å². The summed E-state index contributed by atoms with van der Waals surface area (Å²) in [5.41, 5.74) is 3.54. The molecule has 4 nitrogen and oxygen atoms in total. The van der Waals surface area contributed by atoms with Gasteiger partial charge in [0.25, 0.3) is 5.91 Å². The number of thioether (sulfide) groups is 1. The molecule has 2 heterocycles. The third kappa shape index (κ3) is 4.67. The van der Waals surface area contributed by atoms with Crippen molar-refractivity contribution >= 4 is 39.3 Å². The smallest absolute Gasteiger partial charge is 0.258 e. The molecule has 126 valence electrons. The monoisotopic (exact) mass is 413 g/mol. The van der Waals surface area contributed by atoms with Crippen molar-refractivity contribution in [1.82, 2.24) is 9.97 Å². The number of aryl methyl sites for hydroxylation is 1. The van der Waals surface area contributed by atoms with E-state index < -0.39 is 0 Å². The molecule has 0 fully saturated rings. The average Bonchev–Trinajstić information content (AvgIpc) is 2.64. The molecule has 0 spiro atoms. The van der Waals surface area contributed by atoms with Crippen LogP contribution in [0.3, 0.4) is 0 Å². The van der Waals surface area contributed by atoms with Crippen LogP contribution in [0.25, 0.3) is 0 Å². The number of nitrogens with zero attached hydrogens (tertiary/aromatic N) is 2. The summed E-state index contributed by atoms with van der Waals surface area (Å²) in [6.45, 7) is 1.99. The van der Waals surface area contributed by atoms with Gasteiger partial charge in [-0.3, -0.25) is 9.78 Å². The SMILES string of the molecule is Cc1cc(NC(=O)c2cccnc2SCc2ccncc2)ccc1Br. The lowest BCUT2D eigenvalue weighted by atomic mass is 10.2. The van der Waals surface area contributed by atoms with Gasteiger partial charge < -0.3 is 5.32 Å². The minimum Gasteiger partial charge on any atom is -0.322 e. The number of nitrogens with one attached hydrogen (secondary N) is 1. The molecule has 1 amide bonds. The number of pyridine rings is 2. The van der Waals surface area contributed by atoms with E-state index in [0.29, 0.717) is 10.6 Å². The lowest BCUT2D eigenvalue weighted by Gasteiger charge is -2.10. The fourth-order valence-corrected chi connectivity index (χ4v) is 3.42. The van der Waals surface area contributed by atoms with E-state index in [1.54, 1.807) is 30.7 Å². The zero-order chi connectivity index (χ0) is 17.6. The van der Waals surface area contributed by atoms with Crippen molar-refractivity contribution in [1.29, 1.82) is 0 Å². The van der Waals surface area contributed by atoms with E-state index in [-0.39, 0.29) is 5.91 Å². The summed E-state index contributed by atoms with van der Waals surface area (Å²) in [5.74, 6) is 0.573. The van der Waals surface area contributed by atoms with Gasteiger partial charge in [-0.05, 0) is 60.5 Å². The predicted molar refractivity (Wildman–Crippen MR) is 105 cm³/mol. The molecule has 0 radical (unpaired) electrons. The molecular weight excluding hydrogens is 398 g/mol. The van der Waals surface area contributed by atoms with Crippen molar-refractivity contribution in [2.45, 2.75) is 17.7 Å². The van der Waals surface area contributed by atoms with Crippen molar-refractivity contribution in [3.63, 3.8) is 0 Å². The van der Waals surface area contributed by atoms with Crippen LogP contribution in [-0.4, -0.2) is 15.9 Å². The molecule has 3 rings (SSSR count). The summed E-state index contributed by atoms with van der Waals surface area (Å²) < 4.78 is 1.01. The van der Waals surface area contributed by atoms with Crippen LogP contribution in [0.1, 0.15) is 21.5 Å². The second-order valence-corrected chi connectivity index (χ2v) is 7.24. The van der Waals surface area contributed by atoms with Gasteiger partial charge in [0.1, 0.15) is 5.03 Å². The van der Waals surface area contributed by atoms with Gasteiger partial charge in [-0.1, -0.05) is 15.9 Å². The molecule has 0 saturated carbocycles.